The van der Waals surface area contributed by atoms with Gasteiger partial charge in [0.05, 0.1) is 0 Å². The molecule has 0 amide bonds. The van der Waals surface area contributed by atoms with Crippen LogP contribution in [0.1, 0.15) is 31.4 Å². The molecule has 0 spiro atoms. The van der Waals surface area contributed by atoms with Gasteiger partial charge in [-0.15, -0.1) is 0 Å². The second kappa shape index (κ2) is 6.36. The quantitative estimate of drug-likeness (QED) is 0.830. The Kier molecular flexibility index (Phi) is 4.78. The van der Waals surface area contributed by atoms with Crippen molar-refractivity contribution in [3.63, 3.8) is 0 Å². The van der Waals surface area contributed by atoms with E-state index in [0.29, 0.717) is 6.04 Å². The molecule has 0 bridgehead atoms. The van der Waals surface area contributed by atoms with Gasteiger partial charge in [0.15, 0.2) is 0 Å². The van der Waals surface area contributed by atoms with Gasteiger partial charge < -0.3 is 5.32 Å². The normalized spacial score (nSPS) is 13.4. The molecule has 102 valence electrons. The average Bonchev–Trinajstić information content (AvgIpc) is 2.93. The van der Waals surface area contributed by atoms with E-state index in [1.165, 1.54) is 11.1 Å². The van der Waals surface area contributed by atoms with E-state index in [4.69, 9.17) is 0 Å². The summed E-state index contributed by atoms with van der Waals surface area (Å²) >= 11 is 1.78. The molecule has 2 heteroatoms. The molecule has 0 fully saturated rings. The molecular weight excluding hydrogens is 250 g/mol. The standard InChI is InChI=1S/C17H23NS/c1-17(2,15-7-5-4-6-8-15)16(18-3)10-9-14-11-12-19-13-14/h4-8,11-13,16,18H,9-10H2,1-3H3. The van der Waals surface area contributed by atoms with Gasteiger partial charge in [-0.2, -0.15) is 11.3 Å². The smallest absolute Gasteiger partial charge is 0.0159 e. The minimum absolute atomic E-state index is 0.145. The van der Waals surface area contributed by atoms with Crippen LogP contribution in [0.5, 0.6) is 0 Å². The molecule has 19 heavy (non-hydrogen) atoms. The lowest BCUT2D eigenvalue weighted by molar-refractivity contribution is 0.340. The second-order valence-corrected chi connectivity index (χ2v) is 6.38. The Morgan fingerprint density at radius 3 is 2.47 bits per heavy atom. The predicted octanol–water partition coefficient (Wildman–Crippen LogP) is 4.25. The van der Waals surface area contributed by atoms with Crippen molar-refractivity contribution in [3.05, 3.63) is 58.3 Å². The first kappa shape index (κ1) is 14.3. The number of likely N-dealkylation sites (N-methyl/N-ethyl adjacent to an activating group) is 1. The van der Waals surface area contributed by atoms with Crippen molar-refractivity contribution in [1.82, 2.24) is 5.32 Å². The van der Waals surface area contributed by atoms with Crippen LogP contribution in [-0.4, -0.2) is 13.1 Å². The summed E-state index contributed by atoms with van der Waals surface area (Å²) in [5.74, 6) is 0. The van der Waals surface area contributed by atoms with Crippen LogP contribution in [0.25, 0.3) is 0 Å². The minimum atomic E-state index is 0.145. The monoisotopic (exact) mass is 273 g/mol. The lowest BCUT2D eigenvalue weighted by atomic mass is 9.76. The van der Waals surface area contributed by atoms with Crippen LogP contribution >= 0.6 is 11.3 Å². The summed E-state index contributed by atoms with van der Waals surface area (Å²) in [5.41, 5.74) is 3.00. The zero-order valence-corrected chi connectivity index (χ0v) is 12.8. The Morgan fingerprint density at radius 2 is 1.89 bits per heavy atom. The molecule has 1 atom stereocenters. The Morgan fingerprint density at radius 1 is 1.16 bits per heavy atom. The highest BCUT2D eigenvalue weighted by molar-refractivity contribution is 7.07. The van der Waals surface area contributed by atoms with E-state index in [1.54, 1.807) is 11.3 Å². The Balaban J connectivity index is 2.07. The van der Waals surface area contributed by atoms with E-state index in [2.05, 4.69) is 73.4 Å². The van der Waals surface area contributed by atoms with Gasteiger partial charge in [0.25, 0.3) is 0 Å². The van der Waals surface area contributed by atoms with Crippen LogP contribution < -0.4 is 5.32 Å². The Hall–Kier alpha value is -1.12. The molecular formula is C17H23NS. The van der Waals surface area contributed by atoms with Gasteiger partial charge in [0.2, 0.25) is 0 Å². The van der Waals surface area contributed by atoms with Crippen molar-refractivity contribution >= 4 is 11.3 Å². The maximum absolute atomic E-state index is 3.51. The van der Waals surface area contributed by atoms with E-state index in [1.807, 2.05) is 0 Å². The summed E-state index contributed by atoms with van der Waals surface area (Å²) in [5, 5.41) is 7.92. The highest BCUT2D eigenvalue weighted by Crippen LogP contribution is 2.29. The Labute approximate surface area is 120 Å². The number of thiophene rings is 1. The molecule has 0 aliphatic heterocycles. The van der Waals surface area contributed by atoms with E-state index < -0.39 is 0 Å². The molecule has 0 saturated carbocycles. The average molecular weight is 273 g/mol. The minimum Gasteiger partial charge on any atom is -0.316 e. The van der Waals surface area contributed by atoms with Gasteiger partial charge in [0, 0.05) is 11.5 Å². The third kappa shape index (κ3) is 3.46. The number of nitrogens with one attached hydrogen (secondary N) is 1. The van der Waals surface area contributed by atoms with Crippen molar-refractivity contribution in [2.24, 2.45) is 0 Å². The molecule has 1 unspecified atom stereocenters. The van der Waals surface area contributed by atoms with Gasteiger partial charge in [0.1, 0.15) is 0 Å². The zero-order chi connectivity index (χ0) is 13.7. The SMILES string of the molecule is CNC(CCc1ccsc1)C(C)(C)c1ccccc1. The van der Waals surface area contributed by atoms with Gasteiger partial charge in [-0.1, -0.05) is 44.2 Å². The molecule has 0 aliphatic carbocycles. The van der Waals surface area contributed by atoms with Gasteiger partial charge in [-0.25, -0.2) is 0 Å². The summed E-state index contributed by atoms with van der Waals surface area (Å²) in [4.78, 5) is 0. The molecule has 1 N–H and O–H groups in total. The van der Waals surface area contributed by atoms with Crippen molar-refractivity contribution in [1.29, 1.82) is 0 Å². The zero-order valence-electron chi connectivity index (χ0n) is 12.0. The van der Waals surface area contributed by atoms with E-state index in [-0.39, 0.29) is 5.41 Å². The fourth-order valence-electron chi connectivity index (χ4n) is 2.68. The third-order valence-electron chi connectivity index (χ3n) is 4.04. The fourth-order valence-corrected chi connectivity index (χ4v) is 3.38. The summed E-state index contributed by atoms with van der Waals surface area (Å²) in [7, 11) is 2.07. The Bertz CT molecular complexity index is 473. The third-order valence-corrected chi connectivity index (χ3v) is 4.77. The summed E-state index contributed by atoms with van der Waals surface area (Å²) in [6.45, 7) is 4.66. The molecule has 1 nitrogen and oxygen atoms in total. The van der Waals surface area contributed by atoms with Gasteiger partial charge >= 0.3 is 0 Å². The number of aryl methyl sites for hydroxylation is 1. The lowest BCUT2D eigenvalue weighted by Crippen LogP contribution is -2.43. The number of hydrogen-bond donors (Lipinski definition) is 1. The molecule has 0 aliphatic rings. The van der Waals surface area contributed by atoms with E-state index in [0.717, 1.165) is 12.8 Å². The number of benzene rings is 1. The van der Waals surface area contributed by atoms with Crippen LogP contribution in [0.4, 0.5) is 0 Å². The first-order chi connectivity index (χ1) is 9.14. The maximum atomic E-state index is 3.51. The van der Waals surface area contributed by atoms with Crippen molar-refractivity contribution < 1.29 is 0 Å². The van der Waals surface area contributed by atoms with Crippen molar-refractivity contribution in [3.8, 4) is 0 Å². The van der Waals surface area contributed by atoms with E-state index >= 15 is 0 Å². The second-order valence-electron chi connectivity index (χ2n) is 5.60. The summed E-state index contributed by atoms with van der Waals surface area (Å²) < 4.78 is 0. The van der Waals surface area contributed by atoms with Crippen LogP contribution in [0.15, 0.2) is 47.2 Å². The largest absolute Gasteiger partial charge is 0.316 e. The van der Waals surface area contributed by atoms with Gasteiger partial charge in [-0.3, -0.25) is 0 Å². The first-order valence-electron chi connectivity index (χ1n) is 6.88. The van der Waals surface area contributed by atoms with E-state index in [9.17, 15) is 0 Å². The van der Waals surface area contributed by atoms with Crippen molar-refractivity contribution in [2.45, 2.75) is 38.1 Å². The molecule has 0 radical (unpaired) electrons. The molecule has 1 aromatic heterocycles. The van der Waals surface area contributed by atoms with Crippen molar-refractivity contribution in [2.75, 3.05) is 7.05 Å². The first-order valence-corrected chi connectivity index (χ1v) is 7.82. The highest BCUT2D eigenvalue weighted by atomic mass is 32.1. The predicted molar refractivity (Wildman–Crippen MR) is 85.0 cm³/mol. The molecule has 1 heterocycles. The van der Waals surface area contributed by atoms with Crippen LogP contribution in [0.2, 0.25) is 0 Å². The molecule has 1 aromatic carbocycles. The maximum Gasteiger partial charge on any atom is 0.0159 e. The van der Waals surface area contributed by atoms with Crippen LogP contribution in [0, 0.1) is 0 Å². The summed E-state index contributed by atoms with van der Waals surface area (Å²) in [6, 6.07) is 13.5. The molecule has 2 aromatic rings. The molecule has 2 rings (SSSR count). The number of hydrogen-bond acceptors (Lipinski definition) is 2. The summed E-state index contributed by atoms with van der Waals surface area (Å²) in [6.07, 6.45) is 2.31. The fraction of sp³-hybridized carbons (Fsp3) is 0.412. The highest BCUT2D eigenvalue weighted by Gasteiger charge is 2.29. The van der Waals surface area contributed by atoms with Crippen LogP contribution in [0.3, 0.4) is 0 Å². The molecule has 0 saturated heterocycles. The van der Waals surface area contributed by atoms with Gasteiger partial charge in [-0.05, 0) is 47.8 Å². The number of rotatable bonds is 6. The topological polar surface area (TPSA) is 12.0 Å². The van der Waals surface area contributed by atoms with Crippen LogP contribution in [-0.2, 0) is 11.8 Å². The lowest BCUT2D eigenvalue weighted by Gasteiger charge is -2.35.